The van der Waals surface area contributed by atoms with Gasteiger partial charge in [0.1, 0.15) is 5.82 Å². The van der Waals surface area contributed by atoms with Crippen molar-refractivity contribution in [2.45, 2.75) is 32.1 Å². The highest BCUT2D eigenvalue weighted by atomic mass is 35.5. The number of carbonyl (C=O) groups is 1. The number of aromatic nitrogens is 1. The van der Waals surface area contributed by atoms with Crippen LogP contribution in [0.2, 0.25) is 5.02 Å². The van der Waals surface area contributed by atoms with Crippen molar-refractivity contribution in [3.05, 3.63) is 22.8 Å². The lowest BCUT2D eigenvalue weighted by atomic mass is 9.75. The van der Waals surface area contributed by atoms with Crippen molar-refractivity contribution in [3.63, 3.8) is 0 Å². The molecule has 0 spiro atoms. The topological polar surface area (TPSA) is 45.2 Å². The Morgan fingerprint density at radius 2 is 2.10 bits per heavy atom. The molecule has 2 fully saturated rings. The lowest BCUT2D eigenvalue weighted by Gasteiger charge is -2.41. The zero-order chi connectivity index (χ0) is 14.8. The van der Waals surface area contributed by atoms with Gasteiger partial charge in [0.15, 0.2) is 0 Å². The maximum atomic E-state index is 12.6. The van der Waals surface area contributed by atoms with Gasteiger partial charge in [0.25, 0.3) is 5.91 Å². The maximum Gasteiger partial charge on any atom is 0.255 e. The van der Waals surface area contributed by atoms with Gasteiger partial charge in [-0.3, -0.25) is 4.79 Å². The molecule has 0 radical (unpaired) electrons. The maximum absolute atomic E-state index is 12.6. The molecule has 1 saturated carbocycles. The van der Waals surface area contributed by atoms with E-state index in [0.717, 1.165) is 25.4 Å². The number of piperidine rings is 1. The van der Waals surface area contributed by atoms with E-state index in [1.54, 1.807) is 19.3 Å². The normalized spacial score (nSPS) is 25.3. The summed E-state index contributed by atoms with van der Waals surface area (Å²) in [6, 6.07) is 1.72. The smallest absolute Gasteiger partial charge is 0.255 e. The number of fused-ring (bicyclic) bond motifs is 1. The van der Waals surface area contributed by atoms with Crippen LogP contribution < -0.4 is 5.32 Å². The number of halogens is 1. The minimum Gasteiger partial charge on any atom is -0.372 e. The van der Waals surface area contributed by atoms with Crippen LogP contribution in [-0.4, -0.2) is 35.9 Å². The van der Waals surface area contributed by atoms with Crippen LogP contribution in [0.1, 0.15) is 42.5 Å². The molecular formula is C16H22ClN3O. The summed E-state index contributed by atoms with van der Waals surface area (Å²) in [7, 11) is 1.77. The van der Waals surface area contributed by atoms with Gasteiger partial charge in [-0.05, 0) is 30.7 Å². The first kappa shape index (κ1) is 14.6. The molecule has 2 atom stereocenters. The Balaban J connectivity index is 1.71. The van der Waals surface area contributed by atoms with Gasteiger partial charge < -0.3 is 10.2 Å². The fourth-order valence-electron chi connectivity index (χ4n) is 3.71. The first-order chi connectivity index (χ1) is 10.2. The number of nitrogens with zero attached hydrogens (tertiary/aromatic N) is 2. The van der Waals surface area contributed by atoms with Crippen LogP contribution in [0.15, 0.2) is 12.3 Å². The van der Waals surface area contributed by atoms with Crippen molar-refractivity contribution < 1.29 is 4.79 Å². The molecule has 1 aliphatic carbocycles. The second-order valence-electron chi connectivity index (χ2n) is 6.15. The van der Waals surface area contributed by atoms with Crippen LogP contribution in [0.3, 0.4) is 0 Å². The number of hydrogen-bond acceptors (Lipinski definition) is 3. The SMILES string of the molecule is CNc1ncc(C(=O)N2CCC3CCCCC3C2)cc1Cl. The van der Waals surface area contributed by atoms with Crippen LogP contribution in [0.5, 0.6) is 0 Å². The van der Waals surface area contributed by atoms with Crippen molar-refractivity contribution in [2.24, 2.45) is 11.8 Å². The van der Waals surface area contributed by atoms with E-state index >= 15 is 0 Å². The standard InChI is InChI=1S/C16H22ClN3O/c1-18-15-14(17)8-13(9-19-15)16(21)20-7-6-11-4-2-3-5-12(11)10-20/h8-9,11-12H,2-7,10H2,1H3,(H,18,19). The molecule has 21 heavy (non-hydrogen) atoms. The van der Waals surface area contributed by atoms with E-state index in [1.165, 1.54) is 25.7 Å². The number of hydrogen-bond donors (Lipinski definition) is 1. The number of pyridine rings is 1. The molecule has 114 valence electrons. The number of anilines is 1. The van der Waals surface area contributed by atoms with Gasteiger partial charge >= 0.3 is 0 Å². The molecule has 0 bridgehead atoms. The molecule has 1 N–H and O–H groups in total. The van der Waals surface area contributed by atoms with Gasteiger partial charge in [0.2, 0.25) is 0 Å². The minimum atomic E-state index is 0.0658. The van der Waals surface area contributed by atoms with E-state index in [4.69, 9.17) is 11.6 Å². The molecule has 0 aromatic carbocycles. The number of carbonyl (C=O) groups excluding carboxylic acids is 1. The monoisotopic (exact) mass is 307 g/mol. The summed E-state index contributed by atoms with van der Waals surface area (Å²) in [5.74, 6) is 2.20. The van der Waals surface area contributed by atoms with Crippen LogP contribution in [0.25, 0.3) is 0 Å². The van der Waals surface area contributed by atoms with Crippen molar-refractivity contribution in [1.29, 1.82) is 0 Å². The molecule has 3 rings (SSSR count). The quantitative estimate of drug-likeness (QED) is 0.910. The number of likely N-dealkylation sites (tertiary alicyclic amines) is 1. The van der Waals surface area contributed by atoms with Gasteiger partial charge in [-0.15, -0.1) is 0 Å². The predicted octanol–water partition coefficient (Wildman–Crippen LogP) is 3.43. The van der Waals surface area contributed by atoms with Crippen molar-refractivity contribution in [2.75, 3.05) is 25.5 Å². The summed E-state index contributed by atoms with van der Waals surface area (Å²) in [5.41, 5.74) is 0.591. The van der Waals surface area contributed by atoms with Crippen molar-refractivity contribution in [3.8, 4) is 0 Å². The third kappa shape index (κ3) is 3.00. The average molecular weight is 308 g/mol. The molecule has 5 heteroatoms. The summed E-state index contributed by atoms with van der Waals surface area (Å²) in [6.07, 6.45) is 8.05. The number of nitrogens with one attached hydrogen (secondary N) is 1. The minimum absolute atomic E-state index is 0.0658. The Bertz CT molecular complexity index is 534. The molecule has 1 aromatic heterocycles. The third-order valence-corrected chi connectivity index (χ3v) is 5.19. The van der Waals surface area contributed by atoms with Crippen LogP contribution in [-0.2, 0) is 0 Å². The van der Waals surface area contributed by atoms with Gasteiger partial charge in [0.05, 0.1) is 10.6 Å². The van der Waals surface area contributed by atoms with Crippen molar-refractivity contribution in [1.82, 2.24) is 9.88 Å². The lowest BCUT2D eigenvalue weighted by Crippen LogP contribution is -2.44. The number of amides is 1. The Hall–Kier alpha value is -1.29. The second-order valence-corrected chi connectivity index (χ2v) is 6.56. The Kier molecular flexibility index (Phi) is 4.34. The predicted molar refractivity (Wildman–Crippen MR) is 84.8 cm³/mol. The molecule has 1 aliphatic heterocycles. The average Bonchev–Trinajstić information content (AvgIpc) is 2.53. The highest BCUT2D eigenvalue weighted by Gasteiger charge is 2.33. The molecule has 1 aromatic rings. The van der Waals surface area contributed by atoms with Crippen LogP contribution in [0.4, 0.5) is 5.82 Å². The molecule has 2 aliphatic rings. The zero-order valence-corrected chi connectivity index (χ0v) is 13.2. The van der Waals surface area contributed by atoms with Crippen molar-refractivity contribution >= 4 is 23.3 Å². The van der Waals surface area contributed by atoms with E-state index in [1.807, 2.05) is 4.90 Å². The fourth-order valence-corrected chi connectivity index (χ4v) is 3.97. The Morgan fingerprint density at radius 3 is 2.81 bits per heavy atom. The molecule has 1 amide bonds. The van der Waals surface area contributed by atoms with E-state index in [9.17, 15) is 4.79 Å². The van der Waals surface area contributed by atoms with E-state index in [0.29, 0.717) is 22.3 Å². The molecule has 1 saturated heterocycles. The largest absolute Gasteiger partial charge is 0.372 e. The highest BCUT2D eigenvalue weighted by molar-refractivity contribution is 6.33. The molecule has 4 nitrogen and oxygen atoms in total. The summed E-state index contributed by atoms with van der Waals surface area (Å²) in [6.45, 7) is 1.76. The summed E-state index contributed by atoms with van der Waals surface area (Å²) < 4.78 is 0. The van der Waals surface area contributed by atoms with E-state index < -0.39 is 0 Å². The van der Waals surface area contributed by atoms with E-state index in [2.05, 4.69) is 10.3 Å². The molecule has 2 unspecified atom stereocenters. The first-order valence-corrected chi connectivity index (χ1v) is 8.19. The zero-order valence-electron chi connectivity index (χ0n) is 12.4. The van der Waals surface area contributed by atoms with Gasteiger partial charge in [0, 0.05) is 26.3 Å². The first-order valence-electron chi connectivity index (χ1n) is 7.81. The number of rotatable bonds is 2. The highest BCUT2D eigenvalue weighted by Crippen LogP contribution is 2.36. The Labute approximate surface area is 130 Å². The lowest BCUT2D eigenvalue weighted by molar-refractivity contribution is 0.0520. The summed E-state index contributed by atoms with van der Waals surface area (Å²) in [4.78, 5) is 18.8. The third-order valence-electron chi connectivity index (χ3n) is 4.90. The van der Waals surface area contributed by atoms with Crippen LogP contribution >= 0.6 is 11.6 Å². The summed E-state index contributed by atoms with van der Waals surface area (Å²) in [5, 5.41) is 3.41. The second kappa shape index (κ2) is 6.22. The summed E-state index contributed by atoms with van der Waals surface area (Å²) >= 11 is 6.13. The fraction of sp³-hybridized carbons (Fsp3) is 0.625. The van der Waals surface area contributed by atoms with Gasteiger partial charge in [-0.1, -0.05) is 30.9 Å². The molecule has 2 heterocycles. The molecular weight excluding hydrogens is 286 g/mol. The van der Waals surface area contributed by atoms with Crippen LogP contribution in [0, 0.1) is 11.8 Å². The van der Waals surface area contributed by atoms with E-state index in [-0.39, 0.29) is 5.91 Å². The van der Waals surface area contributed by atoms with Gasteiger partial charge in [-0.25, -0.2) is 4.98 Å². The Morgan fingerprint density at radius 1 is 1.33 bits per heavy atom. The van der Waals surface area contributed by atoms with Gasteiger partial charge in [-0.2, -0.15) is 0 Å².